The van der Waals surface area contributed by atoms with Crippen LogP contribution in [0.5, 0.6) is 0 Å². The third-order valence-corrected chi connectivity index (χ3v) is 10.2. The molecule has 2 aromatic carbocycles. The molecule has 2 aromatic rings. The highest BCUT2D eigenvalue weighted by molar-refractivity contribution is 6.38. The Morgan fingerprint density at radius 3 is 2.09 bits per heavy atom. The maximum Gasteiger partial charge on any atom is 0.290 e. The molecule has 2 fully saturated rings. The molecular formula is C42H56N6O9. The summed E-state index contributed by atoms with van der Waals surface area (Å²) in [4.78, 5) is 108. The number of amides is 6. The van der Waals surface area contributed by atoms with Crippen LogP contribution < -0.4 is 27.0 Å². The highest BCUT2D eigenvalue weighted by atomic mass is 16.5. The van der Waals surface area contributed by atoms with Crippen LogP contribution in [-0.4, -0.2) is 94.8 Å². The van der Waals surface area contributed by atoms with Gasteiger partial charge in [0.05, 0.1) is 29.9 Å². The quantitative estimate of drug-likeness (QED) is 0.117. The summed E-state index contributed by atoms with van der Waals surface area (Å²) in [5.41, 5.74) is 5.66. The first-order valence-corrected chi connectivity index (χ1v) is 19.7. The van der Waals surface area contributed by atoms with Crippen LogP contribution in [0.4, 0.5) is 0 Å². The van der Waals surface area contributed by atoms with Gasteiger partial charge >= 0.3 is 0 Å². The monoisotopic (exact) mass is 788 g/mol. The zero-order valence-electron chi connectivity index (χ0n) is 33.4. The fourth-order valence-electron chi connectivity index (χ4n) is 7.52. The first-order chi connectivity index (χ1) is 27.0. The van der Waals surface area contributed by atoms with E-state index in [2.05, 4.69) is 21.3 Å². The number of primary amides is 1. The van der Waals surface area contributed by atoms with Gasteiger partial charge < -0.3 is 36.6 Å². The zero-order chi connectivity index (χ0) is 41.9. The molecule has 2 aliphatic rings. The summed E-state index contributed by atoms with van der Waals surface area (Å²) in [7, 11) is 0. The van der Waals surface area contributed by atoms with E-state index in [9.17, 15) is 38.4 Å². The van der Waals surface area contributed by atoms with Crippen molar-refractivity contribution < 1.29 is 43.1 Å². The molecule has 1 saturated carbocycles. The second-order valence-electron chi connectivity index (χ2n) is 15.8. The molecule has 6 amide bonds. The van der Waals surface area contributed by atoms with E-state index < -0.39 is 83.6 Å². The number of carbonyl (C=O) groups is 8. The van der Waals surface area contributed by atoms with E-state index >= 15 is 0 Å². The average Bonchev–Trinajstić information content (AvgIpc) is 3.60. The highest BCUT2D eigenvalue weighted by Crippen LogP contribution is 2.31. The molecule has 0 aromatic heterocycles. The van der Waals surface area contributed by atoms with Crippen molar-refractivity contribution in [1.29, 1.82) is 0 Å². The summed E-state index contributed by atoms with van der Waals surface area (Å²) in [6.07, 6.45) is 4.07. The van der Waals surface area contributed by atoms with Gasteiger partial charge in [-0.1, -0.05) is 81.1 Å². The van der Waals surface area contributed by atoms with Crippen LogP contribution in [0.2, 0.25) is 0 Å². The smallest absolute Gasteiger partial charge is 0.290 e. The van der Waals surface area contributed by atoms with E-state index in [0.29, 0.717) is 24.8 Å². The molecule has 308 valence electrons. The second-order valence-corrected chi connectivity index (χ2v) is 15.8. The minimum atomic E-state index is -1.29. The summed E-state index contributed by atoms with van der Waals surface area (Å²) in [5, 5.41) is 10.3. The van der Waals surface area contributed by atoms with E-state index in [4.69, 9.17) is 10.5 Å². The summed E-state index contributed by atoms with van der Waals surface area (Å²) in [5.74, 6) is -5.98. The van der Waals surface area contributed by atoms with Crippen molar-refractivity contribution in [2.75, 3.05) is 13.1 Å². The van der Waals surface area contributed by atoms with Crippen molar-refractivity contribution in [2.45, 2.75) is 122 Å². The fraction of sp³-hybridized carbons (Fsp3) is 0.524. The van der Waals surface area contributed by atoms with Gasteiger partial charge in [-0.15, -0.1) is 0 Å². The predicted molar refractivity (Wildman–Crippen MR) is 210 cm³/mol. The Labute approximate surface area is 333 Å². The lowest BCUT2D eigenvalue weighted by Gasteiger charge is -2.35. The van der Waals surface area contributed by atoms with Crippen molar-refractivity contribution in [2.24, 2.45) is 11.7 Å². The predicted octanol–water partition coefficient (Wildman–Crippen LogP) is 2.67. The number of hydrogen-bond donors (Lipinski definition) is 5. The van der Waals surface area contributed by atoms with Gasteiger partial charge in [0, 0.05) is 18.5 Å². The molecular weight excluding hydrogens is 732 g/mol. The molecule has 1 heterocycles. The summed E-state index contributed by atoms with van der Waals surface area (Å²) in [6, 6.07) is 10.1. The van der Waals surface area contributed by atoms with Crippen LogP contribution in [0, 0.1) is 5.92 Å². The second kappa shape index (κ2) is 20.1. The SMILES string of the molecule is CCCC(NC(=O)[C@@H]1C[C@@H](OC(C)(C)C)CN1C(=O)[C@@H](NC(=O)c1ccccc1C(C)=O)C1CCCCC1)C(=O)C(=O)NCC(=O)N[C@H](C(N)=O)c1ccccc1. The molecule has 1 aliphatic carbocycles. The minimum absolute atomic E-state index is 0.0363. The number of ether oxygens (including phenoxy) is 1. The number of Topliss-reactive ketones (excluding diaryl/α,β-unsaturated/α-hetero) is 2. The van der Waals surface area contributed by atoms with E-state index in [1.165, 1.54) is 17.9 Å². The molecule has 15 heteroatoms. The molecule has 5 atom stereocenters. The van der Waals surface area contributed by atoms with Crippen molar-refractivity contribution in [3.8, 4) is 0 Å². The number of carbonyl (C=O) groups excluding carboxylic acids is 8. The Morgan fingerprint density at radius 1 is 0.860 bits per heavy atom. The number of nitrogens with zero attached hydrogens (tertiary/aromatic N) is 1. The Balaban J connectivity index is 1.52. The van der Waals surface area contributed by atoms with E-state index in [-0.39, 0.29) is 42.2 Å². The third kappa shape index (κ3) is 12.3. The van der Waals surface area contributed by atoms with Crippen molar-refractivity contribution in [3.63, 3.8) is 0 Å². The Kier molecular flexibility index (Phi) is 15.6. The van der Waals surface area contributed by atoms with Crippen LogP contribution in [0.3, 0.4) is 0 Å². The van der Waals surface area contributed by atoms with E-state index in [1.54, 1.807) is 55.5 Å². The molecule has 0 spiro atoms. The molecule has 4 rings (SSSR count). The Bertz CT molecular complexity index is 1800. The Morgan fingerprint density at radius 2 is 1.49 bits per heavy atom. The molecule has 0 radical (unpaired) electrons. The summed E-state index contributed by atoms with van der Waals surface area (Å²) in [6.45, 7) is 8.09. The van der Waals surface area contributed by atoms with Gasteiger partial charge in [-0.25, -0.2) is 0 Å². The largest absolute Gasteiger partial charge is 0.371 e. The number of benzene rings is 2. The fourth-order valence-corrected chi connectivity index (χ4v) is 7.52. The molecule has 1 unspecified atom stereocenters. The van der Waals surface area contributed by atoms with Gasteiger partial charge in [0.15, 0.2) is 5.78 Å². The maximum atomic E-state index is 14.7. The molecule has 1 aliphatic heterocycles. The third-order valence-electron chi connectivity index (χ3n) is 10.2. The lowest BCUT2D eigenvalue weighted by Crippen LogP contribution is -2.58. The van der Waals surface area contributed by atoms with Crippen molar-refractivity contribution >= 4 is 47.0 Å². The van der Waals surface area contributed by atoms with Gasteiger partial charge in [0.25, 0.3) is 11.8 Å². The van der Waals surface area contributed by atoms with Crippen molar-refractivity contribution in [3.05, 3.63) is 71.3 Å². The molecule has 1 saturated heterocycles. The lowest BCUT2D eigenvalue weighted by atomic mass is 9.83. The highest BCUT2D eigenvalue weighted by Gasteiger charge is 2.46. The zero-order valence-corrected chi connectivity index (χ0v) is 33.4. The van der Waals surface area contributed by atoms with Gasteiger partial charge in [-0.2, -0.15) is 0 Å². The number of hydrogen-bond acceptors (Lipinski definition) is 9. The van der Waals surface area contributed by atoms with E-state index in [0.717, 1.165) is 19.3 Å². The van der Waals surface area contributed by atoms with Crippen LogP contribution in [0.15, 0.2) is 54.6 Å². The van der Waals surface area contributed by atoms with E-state index in [1.807, 2.05) is 20.8 Å². The summed E-state index contributed by atoms with van der Waals surface area (Å²) >= 11 is 0. The molecule has 6 N–H and O–H groups in total. The first kappa shape index (κ1) is 44.3. The van der Waals surface area contributed by atoms with Crippen LogP contribution >= 0.6 is 0 Å². The summed E-state index contributed by atoms with van der Waals surface area (Å²) < 4.78 is 6.24. The number of nitrogens with two attached hydrogens (primary N) is 1. The first-order valence-electron chi connectivity index (χ1n) is 19.7. The average molecular weight is 789 g/mol. The Hall–Kier alpha value is -5.44. The van der Waals surface area contributed by atoms with Crippen LogP contribution in [0.25, 0.3) is 0 Å². The lowest BCUT2D eigenvalue weighted by molar-refractivity contribution is -0.143. The molecule has 15 nitrogen and oxygen atoms in total. The molecule has 57 heavy (non-hydrogen) atoms. The maximum absolute atomic E-state index is 14.7. The normalized spacial score (nSPS) is 18.7. The molecule has 0 bridgehead atoms. The van der Waals surface area contributed by atoms with Gasteiger partial charge in [0.2, 0.25) is 29.4 Å². The van der Waals surface area contributed by atoms with Crippen LogP contribution in [0.1, 0.15) is 118 Å². The van der Waals surface area contributed by atoms with Gasteiger partial charge in [-0.3, -0.25) is 38.4 Å². The number of ketones is 2. The number of rotatable bonds is 17. The van der Waals surface area contributed by atoms with Crippen LogP contribution in [-0.2, 0) is 33.5 Å². The number of likely N-dealkylation sites (tertiary alicyclic amines) is 1. The van der Waals surface area contributed by atoms with Gasteiger partial charge in [-0.05, 0) is 64.5 Å². The standard InChI is InChI=1S/C42H56N6O9/c1-6-15-31(36(51)40(55)44-23-33(50)46-34(37(43)52)26-16-9-7-10-17-26)45-39(54)32-22-28(57-42(3,4)5)24-48(32)41(56)35(27-18-11-8-12-19-27)47-38(53)30-21-14-13-20-29(30)25(2)49/h7,9-10,13-14,16-17,20-21,27-28,31-32,34-35H,6,8,11-12,15,18-19,22-24H2,1-5H3,(H2,43,52)(H,44,55)(H,45,54)(H,46,50)(H,47,53)/t28-,31?,32+,34+,35+/m1/s1. The topological polar surface area (TPSA) is 223 Å². The number of nitrogens with one attached hydrogen (secondary N) is 4. The van der Waals surface area contributed by atoms with Gasteiger partial charge in [0.1, 0.15) is 18.1 Å². The van der Waals surface area contributed by atoms with Crippen molar-refractivity contribution in [1.82, 2.24) is 26.2 Å². The minimum Gasteiger partial charge on any atom is -0.371 e.